The summed E-state index contributed by atoms with van der Waals surface area (Å²) in [4.78, 5) is 21.9. The van der Waals surface area contributed by atoms with Gasteiger partial charge in [-0.15, -0.1) is 0 Å². The number of nitrogens with zero attached hydrogens (tertiary/aromatic N) is 1. The summed E-state index contributed by atoms with van der Waals surface area (Å²) >= 11 is 0. The van der Waals surface area contributed by atoms with E-state index in [-0.39, 0.29) is 11.8 Å². The van der Waals surface area contributed by atoms with Gasteiger partial charge in [0.1, 0.15) is 6.04 Å². The Morgan fingerprint density at radius 1 is 1.50 bits per heavy atom. The number of imide groups is 1. The number of amides is 2. The van der Waals surface area contributed by atoms with Gasteiger partial charge in [0.25, 0.3) is 0 Å². The second kappa shape index (κ2) is 6.47. The third-order valence-electron chi connectivity index (χ3n) is 1.80. The van der Waals surface area contributed by atoms with Crippen LogP contribution < -0.4 is 16.5 Å². The summed E-state index contributed by atoms with van der Waals surface area (Å²) in [6.45, 7) is 4.17. The van der Waals surface area contributed by atoms with Gasteiger partial charge in [-0.1, -0.05) is 0 Å². The van der Waals surface area contributed by atoms with Crippen molar-refractivity contribution in [1.82, 2.24) is 15.6 Å². The molecule has 0 aromatic rings. The summed E-state index contributed by atoms with van der Waals surface area (Å²) in [5.41, 5.74) is 0. The maximum atomic E-state index is 11.3. The second-order valence-corrected chi connectivity index (χ2v) is 3.06. The van der Waals surface area contributed by atoms with Crippen molar-refractivity contribution in [2.75, 3.05) is 20.1 Å². The molecule has 1 unspecified atom stereocenters. The van der Waals surface area contributed by atoms with Gasteiger partial charge in [0, 0.05) is 20.0 Å². The van der Waals surface area contributed by atoms with Crippen molar-refractivity contribution in [2.45, 2.75) is 19.9 Å². The Kier molecular flexibility index (Phi) is 6.02. The molecule has 0 heterocycles. The van der Waals surface area contributed by atoms with Gasteiger partial charge in [-0.05, 0) is 14.0 Å². The van der Waals surface area contributed by atoms with Gasteiger partial charge < -0.3 is 5.32 Å². The van der Waals surface area contributed by atoms with Gasteiger partial charge in [0.15, 0.2) is 0 Å². The molecule has 0 rings (SSSR count). The zero-order valence-corrected chi connectivity index (χ0v) is 8.83. The molecule has 14 heavy (non-hydrogen) atoms. The zero-order chi connectivity index (χ0) is 11.1. The molecule has 0 saturated carbocycles. The molecule has 6 heteroatoms. The Hall–Kier alpha value is -0.980. The van der Waals surface area contributed by atoms with Gasteiger partial charge in [0.2, 0.25) is 11.8 Å². The van der Waals surface area contributed by atoms with Gasteiger partial charge in [-0.2, -0.15) is 0 Å². The lowest BCUT2D eigenvalue weighted by molar-refractivity contribution is -0.132. The smallest absolute Gasteiger partial charge is 0.245 e. The fraction of sp³-hybridized carbons (Fsp3) is 0.750. The lowest BCUT2D eigenvalue weighted by Crippen LogP contribution is -2.51. The molecular formula is C8H18N4O2. The monoisotopic (exact) mass is 202 g/mol. The number of hydrazine groups is 1. The van der Waals surface area contributed by atoms with Crippen LogP contribution in [0.25, 0.3) is 0 Å². The van der Waals surface area contributed by atoms with E-state index < -0.39 is 6.04 Å². The molecule has 0 aliphatic carbocycles. The van der Waals surface area contributed by atoms with E-state index in [0.717, 1.165) is 0 Å². The SMILES string of the molecule is CNCCN(N)C(C)C(=O)NC(C)=O. The molecule has 0 radical (unpaired) electrons. The summed E-state index contributed by atoms with van der Waals surface area (Å²) in [6.07, 6.45) is 0. The number of hydrogen-bond donors (Lipinski definition) is 3. The molecule has 0 spiro atoms. The first-order valence-electron chi connectivity index (χ1n) is 4.46. The van der Waals surface area contributed by atoms with Crippen LogP contribution in [0.2, 0.25) is 0 Å². The highest BCUT2D eigenvalue weighted by Gasteiger charge is 2.18. The minimum atomic E-state index is -0.507. The van der Waals surface area contributed by atoms with Crippen molar-refractivity contribution in [1.29, 1.82) is 0 Å². The van der Waals surface area contributed by atoms with Crippen LogP contribution in [-0.2, 0) is 9.59 Å². The van der Waals surface area contributed by atoms with Crippen LogP contribution in [0, 0.1) is 0 Å². The minimum Gasteiger partial charge on any atom is -0.318 e. The number of likely N-dealkylation sites (N-methyl/N-ethyl adjacent to an activating group) is 1. The lowest BCUT2D eigenvalue weighted by atomic mass is 10.3. The summed E-state index contributed by atoms with van der Waals surface area (Å²) in [6, 6.07) is -0.507. The Labute approximate surface area is 83.8 Å². The van der Waals surface area contributed by atoms with Crippen molar-refractivity contribution in [2.24, 2.45) is 5.84 Å². The lowest BCUT2D eigenvalue weighted by Gasteiger charge is -2.22. The van der Waals surface area contributed by atoms with E-state index in [4.69, 9.17) is 5.84 Å². The molecule has 0 aromatic carbocycles. The molecule has 4 N–H and O–H groups in total. The zero-order valence-electron chi connectivity index (χ0n) is 8.83. The average Bonchev–Trinajstić information content (AvgIpc) is 2.11. The molecule has 0 fully saturated rings. The van der Waals surface area contributed by atoms with Gasteiger partial charge >= 0.3 is 0 Å². The third kappa shape index (κ3) is 4.90. The van der Waals surface area contributed by atoms with Crippen LogP contribution in [0.5, 0.6) is 0 Å². The molecule has 6 nitrogen and oxygen atoms in total. The van der Waals surface area contributed by atoms with E-state index in [9.17, 15) is 9.59 Å². The number of nitrogens with one attached hydrogen (secondary N) is 2. The molecule has 2 amide bonds. The highest BCUT2D eigenvalue weighted by molar-refractivity contribution is 5.96. The molecule has 82 valence electrons. The highest BCUT2D eigenvalue weighted by atomic mass is 16.2. The van der Waals surface area contributed by atoms with Crippen LogP contribution in [0.4, 0.5) is 0 Å². The van der Waals surface area contributed by atoms with Crippen LogP contribution in [0.3, 0.4) is 0 Å². The molecule has 0 aromatic heterocycles. The average molecular weight is 202 g/mol. The predicted octanol–water partition coefficient (Wildman–Crippen LogP) is -1.57. The Morgan fingerprint density at radius 3 is 2.50 bits per heavy atom. The van der Waals surface area contributed by atoms with Crippen molar-refractivity contribution in [3.05, 3.63) is 0 Å². The van der Waals surface area contributed by atoms with Crippen molar-refractivity contribution in [3.63, 3.8) is 0 Å². The minimum absolute atomic E-state index is 0.371. The van der Waals surface area contributed by atoms with E-state index in [1.165, 1.54) is 11.9 Å². The molecular weight excluding hydrogens is 184 g/mol. The highest BCUT2D eigenvalue weighted by Crippen LogP contribution is 1.91. The van der Waals surface area contributed by atoms with Crippen LogP contribution in [-0.4, -0.2) is 43.0 Å². The fourth-order valence-corrected chi connectivity index (χ4v) is 0.863. The first kappa shape index (κ1) is 13.0. The van der Waals surface area contributed by atoms with E-state index in [0.29, 0.717) is 13.1 Å². The molecule has 0 aliphatic rings. The summed E-state index contributed by atoms with van der Waals surface area (Å²) in [7, 11) is 1.80. The number of hydrogen-bond acceptors (Lipinski definition) is 5. The standard InChI is InChI=1S/C8H18N4O2/c1-6(8(14)11-7(2)13)12(9)5-4-10-3/h6,10H,4-5,9H2,1-3H3,(H,11,13,14). The van der Waals surface area contributed by atoms with Crippen LogP contribution in [0.1, 0.15) is 13.8 Å². The maximum Gasteiger partial charge on any atom is 0.245 e. The van der Waals surface area contributed by atoms with Gasteiger partial charge in [0.05, 0.1) is 0 Å². The summed E-state index contributed by atoms with van der Waals surface area (Å²) in [5, 5.41) is 6.48. The van der Waals surface area contributed by atoms with Gasteiger partial charge in [-0.25, -0.2) is 5.01 Å². The number of rotatable bonds is 5. The topological polar surface area (TPSA) is 87.5 Å². The first-order valence-corrected chi connectivity index (χ1v) is 4.46. The number of nitrogens with two attached hydrogens (primary N) is 1. The van der Waals surface area contributed by atoms with E-state index in [1.54, 1.807) is 14.0 Å². The van der Waals surface area contributed by atoms with Crippen molar-refractivity contribution < 1.29 is 9.59 Å². The van der Waals surface area contributed by atoms with E-state index in [1.807, 2.05) is 0 Å². The van der Waals surface area contributed by atoms with Crippen molar-refractivity contribution >= 4 is 11.8 Å². The normalized spacial score (nSPS) is 12.6. The predicted molar refractivity (Wildman–Crippen MR) is 53.1 cm³/mol. The largest absolute Gasteiger partial charge is 0.318 e. The maximum absolute atomic E-state index is 11.3. The summed E-state index contributed by atoms with van der Waals surface area (Å²) in [5.74, 6) is 4.85. The van der Waals surface area contributed by atoms with Gasteiger partial charge in [-0.3, -0.25) is 20.7 Å². The summed E-state index contributed by atoms with van der Waals surface area (Å²) < 4.78 is 0. The second-order valence-electron chi connectivity index (χ2n) is 3.06. The van der Waals surface area contributed by atoms with E-state index >= 15 is 0 Å². The molecule has 0 aliphatic heterocycles. The number of carbonyl (C=O) groups is 2. The Morgan fingerprint density at radius 2 is 2.07 bits per heavy atom. The van der Waals surface area contributed by atoms with Crippen LogP contribution >= 0.6 is 0 Å². The fourth-order valence-electron chi connectivity index (χ4n) is 0.863. The van der Waals surface area contributed by atoms with E-state index in [2.05, 4.69) is 10.6 Å². The number of carbonyl (C=O) groups excluding carboxylic acids is 2. The quantitative estimate of drug-likeness (QED) is 0.370. The Balaban J connectivity index is 3.96. The Bertz CT molecular complexity index is 208. The third-order valence-corrected chi connectivity index (χ3v) is 1.80. The van der Waals surface area contributed by atoms with Crippen molar-refractivity contribution in [3.8, 4) is 0 Å². The molecule has 0 bridgehead atoms. The first-order chi connectivity index (χ1) is 6.49. The molecule has 0 saturated heterocycles. The molecule has 1 atom stereocenters. The van der Waals surface area contributed by atoms with Crippen LogP contribution in [0.15, 0.2) is 0 Å².